The molecule has 0 aliphatic heterocycles. The van der Waals surface area contributed by atoms with Crippen LogP contribution in [0.2, 0.25) is 0 Å². The minimum absolute atomic E-state index is 0.0865. The van der Waals surface area contributed by atoms with Gasteiger partial charge in [-0.25, -0.2) is 0 Å². The number of thioether (sulfide) groups is 1. The molecule has 1 aromatic heterocycles. The molecular formula is C18H17N3OS. The lowest BCUT2D eigenvalue weighted by atomic mass is 10.1. The number of benzene rings is 2. The first-order valence-corrected chi connectivity index (χ1v) is 8.20. The highest BCUT2D eigenvalue weighted by atomic mass is 32.2. The van der Waals surface area contributed by atoms with Gasteiger partial charge in [-0.15, -0.1) is 11.8 Å². The summed E-state index contributed by atoms with van der Waals surface area (Å²) in [7, 11) is 0. The Labute approximate surface area is 139 Å². The lowest BCUT2D eigenvalue weighted by Crippen LogP contribution is -2.19. The number of nitrogens with zero attached hydrogens (tertiary/aromatic N) is 1. The number of aromatic nitrogens is 2. The van der Waals surface area contributed by atoms with Crippen LogP contribution in [0.3, 0.4) is 0 Å². The predicted molar refractivity (Wildman–Crippen MR) is 93.4 cm³/mol. The smallest absolute Gasteiger partial charge is 0.243 e. The molecule has 2 N–H and O–H groups in total. The van der Waals surface area contributed by atoms with Crippen molar-refractivity contribution in [3.05, 3.63) is 78.0 Å². The van der Waals surface area contributed by atoms with E-state index in [-0.39, 0.29) is 11.2 Å². The van der Waals surface area contributed by atoms with Crippen molar-refractivity contribution in [1.29, 1.82) is 0 Å². The van der Waals surface area contributed by atoms with Crippen LogP contribution >= 0.6 is 11.8 Å². The molecule has 2 aromatic carbocycles. The number of aromatic amines is 1. The van der Waals surface area contributed by atoms with E-state index in [0.29, 0.717) is 5.82 Å². The van der Waals surface area contributed by atoms with E-state index in [1.807, 2.05) is 73.7 Å². The average Bonchev–Trinajstić information content (AvgIpc) is 2.99. The maximum absolute atomic E-state index is 12.7. The second-order valence-electron chi connectivity index (χ2n) is 5.15. The molecule has 23 heavy (non-hydrogen) atoms. The second-order valence-corrected chi connectivity index (χ2v) is 6.33. The summed E-state index contributed by atoms with van der Waals surface area (Å²) in [6.45, 7) is 1.90. The third-order valence-corrected chi connectivity index (χ3v) is 4.56. The van der Waals surface area contributed by atoms with Crippen LogP contribution in [0.25, 0.3) is 0 Å². The molecule has 0 saturated carbocycles. The molecule has 0 saturated heterocycles. The van der Waals surface area contributed by atoms with Crippen molar-refractivity contribution in [2.45, 2.75) is 17.1 Å². The van der Waals surface area contributed by atoms with E-state index >= 15 is 0 Å². The number of nitrogens with one attached hydrogen (secondary N) is 2. The van der Waals surface area contributed by atoms with Gasteiger partial charge >= 0.3 is 0 Å². The van der Waals surface area contributed by atoms with Crippen molar-refractivity contribution in [3.8, 4) is 0 Å². The topological polar surface area (TPSA) is 57.8 Å². The summed E-state index contributed by atoms with van der Waals surface area (Å²) in [6, 6.07) is 21.5. The van der Waals surface area contributed by atoms with Gasteiger partial charge in [0.15, 0.2) is 5.82 Å². The Morgan fingerprint density at radius 2 is 1.74 bits per heavy atom. The first-order valence-electron chi connectivity index (χ1n) is 7.32. The van der Waals surface area contributed by atoms with Gasteiger partial charge in [0.2, 0.25) is 5.91 Å². The van der Waals surface area contributed by atoms with Gasteiger partial charge in [0.25, 0.3) is 0 Å². The zero-order valence-corrected chi connectivity index (χ0v) is 13.5. The molecule has 3 rings (SSSR count). The number of carbonyl (C=O) groups excluding carboxylic acids is 1. The predicted octanol–water partition coefficient (Wildman–Crippen LogP) is 4.19. The Morgan fingerprint density at radius 1 is 1.09 bits per heavy atom. The van der Waals surface area contributed by atoms with Crippen LogP contribution in [0, 0.1) is 6.92 Å². The first kappa shape index (κ1) is 15.4. The fourth-order valence-electron chi connectivity index (χ4n) is 2.21. The van der Waals surface area contributed by atoms with Crippen molar-refractivity contribution in [2.24, 2.45) is 0 Å². The van der Waals surface area contributed by atoms with E-state index in [0.717, 1.165) is 16.2 Å². The van der Waals surface area contributed by atoms with Gasteiger partial charge in [0, 0.05) is 16.7 Å². The van der Waals surface area contributed by atoms with Gasteiger partial charge in [-0.3, -0.25) is 9.89 Å². The molecule has 0 radical (unpaired) electrons. The van der Waals surface area contributed by atoms with E-state index in [4.69, 9.17) is 0 Å². The molecule has 1 heterocycles. The lowest BCUT2D eigenvalue weighted by Gasteiger charge is -2.16. The maximum atomic E-state index is 12.7. The lowest BCUT2D eigenvalue weighted by molar-refractivity contribution is -0.115. The Balaban J connectivity index is 1.84. The van der Waals surface area contributed by atoms with Crippen LogP contribution in [0.4, 0.5) is 5.82 Å². The van der Waals surface area contributed by atoms with E-state index in [1.165, 1.54) is 11.8 Å². The minimum atomic E-state index is -0.337. The fraction of sp³-hybridized carbons (Fsp3) is 0.111. The summed E-state index contributed by atoms with van der Waals surface area (Å²) in [5, 5.41) is 9.45. The molecule has 1 unspecified atom stereocenters. The van der Waals surface area contributed by atoms with Gasteiger partial charge in [-0.05, 0) is 24.6 Å². The SMILES string of the molecule is Cc1cc(NC(=O)C(Sc2ccccc2)c2ccccc2)n[nH]1. The van der Waals surface area contributed by atoms with Crippen LogP contribution in [0.5, 0.6) is 0 Å². The number of hydrogen-bond acceptors (Lipinski definition) is 3. The van der Waals surface area contributed by atoms with Crippen LogP contribution in [-0.4, -0.2) is 16.1 Å². The van der Waals surface area contributed by atoms with Gasteiger partial charge in [0.1, 0.15) is 5.25 Å². The number of anilines is 1. The summed E-state index contributed by atoms with van der Waals surface area (Å²) >= 11 is 1.53. The van der Waals surface area contributed by atoms with Gasteiger partial charge in [-0.2, -0.15) is 5.10 Å². The molecule has 1 amide bonds. The van der Waals surface area contributed by atoms with Crippen molar-refractivity contribution in [3.63, 3.8) is 0 Å². The summed E-state index contributed by atoms with van der Waals surface area (Å²) in [4.78, 5) is 13.8. The van der Waals surface area contributed by atoms with Crippen LogP contribution in [0.1, 0.15) is 16.5 Å². The third kappa shape index (κ3) is 4.02. The Bertz CT molecular complexity index is 771. The number of amides is 1. The zero-order valence-electron chi connectivity index (χ0n) is 12.7. The quantitative estimate of drug-likeness (QED) is 0.692. The Kier molecular flexibility index (Phi) is 4.78. The van der Waals surface area contributed by atoms with E-state index in [2.05, 4.69) is 15.5 Å². The molecule has 116 valence electrons. The van der Waals surface area contributed by atoms with Crippen LogP contribution < -0.4 is 5.32 Å². The third-order valence-electron chi connectivity index (χ3n) is 3.29. The second kappa shape index (κ2) is 7.15. The van der Waals surface area contributed by atoms with Gasteiger partial charge in [0.05, 0.1) is 0 Å². The highest BCUT2D eigenvalue weighted by molar-refractivity contribution is 8.00. The van der Waals surface area contributed by atoms with Crippen molar-refractivity contribution in [2.75, 3.05) is 5.32 Å². The monoisotopic (exact) mass is 323 g/mol. The van der Waals surface area contributed by atoms with Crippen molar-refractivity contribution in [1.82, 2.24) is 10.2 Å². The highest BCUT2D eigenvalue weighted by Gasteiger charge is 2.22. The molecule has 0 aliphatic carbocycles. The summed E-state index contributed by atoms with van der Waals surface area (Å²) in [5.41, 5.74) is 1.87. The summed E-state index contributed by atoms with van der Waals surface area (Å²) in [6.07, 6.45) is 0. The molecule has 5 heteroatoms. The molecule has 0 spiro atoms. The highest BCUT2D eigenvalue weighted by Crippen LogP contribution is 2.35. The minimum Gasteiger partial charge on any atom is -0.308 e. The Hall–Kier alpha value is -2.53. The Morgan fingerprint density at radius 3 is 2.35 bits per heavy atom. The van der Waals surface area contributed by atoms with E-state index < -0.39 is 0 Å². The number of rotatable bonds is 5. The molecule has 3 aromatic rings. The first-order chi connectivity index (χ1) is 11.2. The number of H-pyrrole nitrogens is 1. The molecule has 1 atom stereocenters. The van der Waals surface area contributed by atoms with Gasteiger partial charge in [-0.1, -0.05) is 48.5 Å². The molecule has 0 bridgehead atoms. The molecule has 0 aliphatic rings. The largest absolute Gasteiger partial charge is 0.308 e. The average molecular weight is 323 g/mol. The number of hydrogen-bond donors (Lipinski definition) is 2. The van der Waals surface area contributed by atoms with Crippen molar-refractivity contribution >= 4 is 23.5 Å². The molecule has 0 fully saturated rings. The molecule has 4 nitrogen and oxygen atoms in total. The standard InChI is InChI=1S/C18H17N3OS/c1-13-12-16(21-20-13)19-18(22)17(14-8-4-2-5-9-14)23-15-10-6-3-7-11-15/h2-12,17H,1H3,(H2,19,20,21,22). The number of carbonyl (C=O) groups is 1. The maximum Gasteiger partial charge on any atom is 0.243 e. The normalized spacial score (nSPS) is 11.9. The van der Waals surface area contributed by atoms with E-state index in [9.17, 15) is 4.79 Å². The van der Waals surface area contributed by atoms with Crippen LogP contribution in [-0.2, 0) is 4.79 Å². The number of aryl methyl sites for hydroxylation is 1. The van der Waals surface area contributed by atoms with Crippen LogP contribution in [0.15, 0.2) is 71.6 Å². The van der Waals surface area contributed by atoms with Gasteiger partial charge < -0.3 is 5.32 Å². The van der Waals surface area contributed by atoms with Crippen molar-refractivity contribution < 1.29 is 4.79 Å². The summed E-state index contributed by atoms with van der Waals surface area (Å²) in [5.74, 6) is 0.457. The zero-order chi connectivity index (χ0) is 16.1. The summed E-state index contributed by atoms with van der Waals surface area (Å²) < 4.78 is 0. The van der Waals surface area contributed by atoms with E-state index in [1.54, 1.807) is 0 Å². The fourth-order valence-corrected chi connectivity index (χ4v) is 3.26. The molecular weight excluding hydrogens is 306 g/mol.